The Kier molecular flexibility index (Phi) is 9.57. The lowest BCUT2D eigenvalue weighted by atomic mass is 9.82. The Balaban J connectivity index is 1.56. The minimum Gasteiger partial charge on any atom is -0.494 e. The van der Waals surface area contributed by atoms with Crippen LogP contribution in [0.1, 0.15) is 48.5 Å². The summed E-state index contributed by atoms with van der Waals surface area (Å²) in [6.07, 6.45) is 3.53. The SMILES string of the molecule is O=C(NN1CCCCC1)[C@@]1(Cc2ccccc2Br)N=C(c2ccc(OCCCO)cc2)O[C@H]1c1ccc(Br)cc1. The van der Waals surface area contributed by atoms with Crippen LogP contribution >= 0.6 is 31.9 Å². The van der Waals surface area contributed by atoms with E-state index in [1.807, 2.05) is 77.8 Å². The van der Waals surface area contributed by atoms with E-state index in [1.165, 1.54) is 6.42 Å². The first kappa shape index (κ1) is 28.8. The van der Waals surface area contributed by atoms with Gasteiger partial charge in [-0.3, -0.25) is 10.2 Å². The quantitative estimate of drug-likeness (QED) is 0.259. The summed E-state index contributed by atoms with van der Waals surface area (Å²) in [5, 5.41) is 11.0. The van der Waals surface area contributed by atoms with E-state index in [1.54, 1.807) is 0 Å². The standard InChI is InChI=1S/C31H33Br2N3O4/c32-25-13-9-22(10-14-25)28-31(21-24-7-2-3-8-27(24)33,30(38)35-36-17-4-1-5-18-36)34-29(40-28)23-11-15-26(16-12-23)39-20-6-19-37/h2-3,7-16,28,37H,1,4-6,17-21H2,(H,35,38)/t28-,31-/m0/s1. The average molecular weight is 671 g/mol. The summed E-state index contributed by atoms with van der Waals surface area (Å²) in [5.74, 6) is 0.926. The van der Waals surface area contributed by atoms with Crippen molar-refractivity contribution in [1.82, 2.24) is 10.4 Å². The maximum absolute atomic E-state index is 14.4. The highest BCUT2D eigenvalue weighted by molar-refractivity contribution is 9.10. The lowest BCUT2D eigenvalue weighted by Gasteiger charge is -2.35. The molecule has 1 amide bonds. The second-order valence-corrected chi connectivity index (χ2v) is 11.9. The van der Waals surface area contributed by atoms with Crippen molar-refractivity contribution in [3.8, 4) is 5.75 Å². The normalized spacial score (nSPS) is 21.0. The molecule has 0 unspecified atom stereocenters. The maximum atomic E-state index is 14.4. The van der Waals surface area contributed by atoms with Gasteiger partial charge in [-0.1, -0.05) is 68.6 Å². The summed E-state index contributed by atoms with van der Waals surface area (Å²) in [6, 6.07) is 23.3. The molecule has 5 rings (SSSR count). The van der Waals surface area contributed by atoms with E-state index in [2.05, 4.69) is 37.3 Å². The van der Waals surface area contributed by atoms with Crippen LogP contribution in [0.4, 0.5) is 0 Å². The topological polar surface area (TPSA) is 83.4 Å². The number of benzene rings is 3. The van der Waals surface area contributed by atoms with Crippen LogP contribution in [-0.4, -0.2) is 53.8 Å². The number of amides is 1. The van der Waals surface area contributed by atoms with E-state index >= 15 is 0 Å². The molecule has 2 atom stereocenters. The van der Waals surface area contributed by atoms with Gasteiger partial charge in [-0.15, -0.1) is 0 Å². The highest BCUT2D eigenvalue weighted by Crippen LogP contribution is 2.43. The van der Waals surface area contributed by atoms with E-state index in [4.69, 9.17) is 19.6 Å². The summed E-state index contributed by atoms with van der Waals surface area (Å²) in [4.78, 5) is 19.5. The van der Waals surface area contributed by atoms with Crippen LogP contribution in [0, 0.1) is 0 Å². The number of piperidine rings is 1. The Morgan fingerprint density at radius 3 is 2.45 bits per heavy atom. The molecular formula is C31H33Br2N3O4. The van der Waals surface area contributed by atoms with Gasteiger partial charge in [0.15, 0.2) is 11.6 Å². The highest BCUT2D eigenvalue weighted by atomic mass is 79.9. The van der Waals surface area contributed by atoms with Crippen molar-refractivity contribution in [2.24, 2.45) is 4.99 Å². The van der Waals surface area contributed by atoms with E-state index in [0.717, 1.165) is 51.6 Å². The molecule has 0 aliphatic carbocycles. The van der Waals surface area contributed by atoms with Crippen molar-refractivity contribution in [2.75, 3.05) is 26.3 Å². The third-order valence-electron chi connectivity index (χ3n) is 7.24. The van der Waals surface area contributed by atoms with Crippen molar-refractivity contribution >= 4 is 43.7 Å². The highest BCUT2D eigenvalue weighted by Gasteiger charge is 2.54. The van der Waals surface area contributed by atoms with Crippen LogP contribution in [-0.2, 0) is 16.0 Å². The molecule has 210 valence electrons. The van der Waals surface area contributed by atoms with Crippen molar-refractivity contribution in [3.05, 3.63) is 98.4 Å². The van der Waals surface area contributed by atoms with Gasteiger partial charge < -0.3 is 14.6 Å². The fourth-order valence-electron chi connectivity index (χ4n) is 5.10. The number of rotatable bonds is 10. The van der Waals surface area contributed by atoms with Gasteiger partial charge in [0, 0.05) is 47.0 Å². The van der Waals surface area contributed by atoms with Crippen LogP contribution in [0.25, 0.3) is 0 Å². The van der Waals surface area contributed by atoms with E-state index in [-0.39, 0.29) is 12.5 Å². The number of aliphatic hydroxyl groups excluding tert-OH is 1. The number of carbonyl (C=O) groups excluding carboxylic acids is 1. The zero-order valence-electron chi connectivity index (χ0n) is 22.2. The molecule has 0 aromatic heterocycles. The Morgan fingerprint density at radius 2 is 1.75 bits per heavy atom. The number of hydrazine groups is 1. The average Bonchev–Trinajstić information content (AvgIpc) is 3.36. The Labute approximate surface area is 251 Å². The molecule has 40 heavy (non-hydrogen) atoms. The maximum Gasteiger partial charge on any atom is 0.266 e. The van der Waals surface area contributed by atoms with Gasteiger partial charge in [0.05, 0.1) is 6.61 Å². The van der Waals surface area contributed by atoms with Crippen LogP contribution in [0.15, 0.2) is 86.7 Å². The number of halogens is 2. The van der Waals surface area contributed by atoms with Crippen LogP contribution in [0.3, 0.4) is 0 Å². The van der Waals surface area contributed by atoms with Crippen molar-refractivity contribution in [1.29, 1.82) is 0 Å². The molecule has 9 heteroatoms. The summed E-state index contributed by atoms with van der Waals surface area (Å²) < 4.78 is 14.2. The van der Waals surface area contributed by atoms with E-state index < -0.39 is 11.6 Å². The summed E-state index contributed by atoms with van der Waals surface area (Å²) in [7, 11) is 0. The summed E-state index contributed by atoms with van der Waals surface area (Å²) in [6.45, 7) is 2.15. The molecule has 0 saturated carbocycles. The predicted octanol–water partition coefficient (Wildman–Crippen LogP) is 5.99. The Morgan fingerprint density at radius 1 is 1.02 bits per heavy atom. The molecule has 0 bridgehead atoms. The number of hydrogen-bond acceptors (Lipinski definition) is 6. The molecule has 1 fully saturated rings. The van der Waals surface area contributed by atoms with Crippen molar-refractivity contribution < 1.29 is 19.4 Å². The van der Waals surface area contributed by atoms with Crippen molar-refractivity contribution in [3.63, 3.8) is 0 Å². The molecular weight excluding hydrogens is 638 g/mol. The number of ether oxygens (including phenoxy) is 2. The number of hydrogen-bond donors (Lipinski definition) is 2. The molecule has 3 aromatic rings. The van der Waals surface area contributed by atoms with Gasteiger partial charge in [-0.25, -0.2) is 10.0 Å². The van der Waals surface area contributed by atoms with Crippen LogP contribution < -0.4 is 10.2 Å². The molecule has 2 aliphatic heterocycles. The first-order valence-electron chi connectivity index (χ1n) is 13.6. The van der Waals surface area contributed by atoms with Gasteiger partial charge in [-0.2, -0.15) is 0 Å². The van der Waals surface area contributed by atoms with Gasteiger partial charge in [0.1, 0.15) is 5.75 Å². The van der Waals surface area contributed by atoms with Gasteiger partial charge in [0.2, 0.25) is 5.90 Å². The summed E-state index contributed by atoms with van der Waals surface area (Å²) in [5.41, 5.74) is 4.56. The lowest BCUT2D eigenvalue weighted by Crippen LogP contribution is -2.56. The predicted molar refractivity (Wildman–Crippen MR) is 162 cm³/mol. The zero-order valence-corrected chi connectivity index (χ0v) is 25.4. The zero-order chi connectivity index (χ0) is 28.0. The van der Waals surface area contributed by atoms with Gasteiger partial charge >= 0.3 is 0 Å². The first-order valence-corrected chi connectivity index (χ1v) is 15.2. The number of aliphatic hydroxyl groups is 1. The number of carbonyl (C=O) groups is 1. The fourth-order valence-corrected chi connectivity index (χ4v) is 5.79. The van der Waals surface area contributed by atoms with Crippen LogP contribution in [0.2, 0.25) is 0 Å². The number of nitrogens with one attached hydrogen (secondary N) is 1. The Hall–Kier alpha value is -2.72. The van der Waals surface area contributed by atoms with Crippen molar-refractivity contribution in [2.45, 2.75) is 43.7 Å². The molecule has 2 heterocycles. The third-order valence-corrected chi connectivity index (χ3v) is 8.54. The molecule has 2 aliphatic rings. The number of nitrogens with zero attached hydrogens (tertiary/aromatic N) is 2. The lowest BCUT2D eigenvalue weighted by molar-refractivity contribution is -0.134. The van der Waals surface area contributed by atoms with E-state index in [0.29, 0.717) is 31.1 Å². The second kappa shape index (κ2) is 13.3. The van der Waals surface area contributed by atoms with E-state index in [9.17, 15) is 4.79 Å². The summed E-state index contributed by atoms with van der Waals surface area (Å²) >= 11 is 7.22. The first-order chi connectivity index (χ1) is 19.5. The molecule has 7 nitrogen and oxygen atoms in total. The molecule has 0 radical (unpaired) electrons. The fraction of sp³-hybridized carbons (Fsp3) is 0.355. The second-order valence-electron chi connectivity index (χ2n) is 10.1. The third kappa shape index (κ3) is 6.60. The number of aliphatic imine (C=N–C) groups is 1. The molecule has 0 spiro atoms. The van der Waals surface area contributed by atoms with Gasteiger partial charge in [0.25, 0.3) is 5.91 Å². The smallest absolute Gasteiger partial charge is 0.266 e. The van der Waals surface area contributed by atoms with Gasteiger partial charge in [-0.05, 0) is 66.4 Å². The molecule has 2 N–H and O–H groups in total. The minimum absolute atomic E-state index is 0.0826. The van der Waals surface area contributed by atoms with Crippen LogP contribution in [0.5, 0.6) is 5.75 Å². The molecule has 1 saturated heterocycles. The monoisotopic (exact) mass is 669 g/mol. The molecule has 3 aromatic carbocycles. The largest absolute Gasteiger partial charge is 0.494 e. The Bertz CT molecular complexity index is 1330. The minimum atomic E-state index is -1.25.